The first-order valence-corrected chi connectivity index (χ1v) is 41.3. The van der Waals surface area contributed by atoms with Crippen LogP contribution in [0.4, 0.5) is 0 Å². The molecule has 16 aromatic rings. The van der Waals surface area contributed by atoms with Crippen LogP contribution in [0.2, 0.25) is 0 Å². The molecule has 19 rings (SSSR count). The standard InChI is InChI=1S/C35H35N5O2S.C30H23N3O3S.C29H30N4/c1-24-4-9-31(10-5-24)43(41,42)40-23-33(27-8-11-34-28(19-27)12-13-36-34)32-20-30(21-37-35(32)40)26-6-7-29(25(2)18-26)22-39-16-14-38(3)15-17-39;1-19-3-8-26(9-4-19)37(35,36)33-17-28(22-7-10-29-23(14-22)11-12-31-29)27-15-25(16-32-30(27)33)21-5-6-24(18-34)20(2)13-21;1-20-15-21(3-4-24(20)19-33-13-11-32(2)12-14-33)25-17-27-26(6-8-29(27)31-18-25)22-5-7-28-23(16-22)9-10-30-28/h4-13,18-21,23,36H,14-17,22H2,1-3H3;3-18,31H,1-2H3;3-7,9-10,15-18,30H,8,11-14,19H2,1-2H3. The van der Waals surface area contributed by atoms with Gasteiger partial charge in [-0.1, -0.05) is 114 Å². The van der Waals surface area contributed by atoms with Crippen molar-refractivity contribution in [3.8, 4) is 55.6 Å². The second-order valence-electron chi connectivity index (χ2n) is 30.5. The van der Waals surface area contributed by atoms with Crippen molar-refractivity contribution in [3.63, 3.8) is 0 Å². The second kappa shape index (κ2) is 30.6. The molecule has 2 fully saturated rings. The van der Waals surface area contributed by atoms with Crippen molar-refractivity contribution in [1.29, 1.82) is 0 Å². The smallest absolute Gasteiger partial charge is 0.269 e. The van der Waals surface area contributed by atoms with E-state index in [1.165, 1.54) is 74.6 Å². The summed E-state index contributed by atoms with van der Waals surface area (Å²) < 4.78 is 57.9. The van der Waals surface area contributed by atoms with Crippen LogP contribution in [0.25, 0.3) is 116 Å². The Balaban J connectivity index is 0.000000124. The van der Waals surface area contributed by atoms with Crippen molar-refractivity contribution < 1.29 is 21.6 Å². The molecule has 3 N–H and O–H groups in total. The van der Waals surface area contributed by atoms with Crippen molar-refractivity contribution >= 4 is 86.7 Å². The van der Waals surface area contributed by atoms with Gasteiger partial charge in [0, 0.05) is 188 Å². The molecule has 0 saturated carbocycles. The Morgan fingerprint density at radius 2 is 0.788 bits per heavy atom. The Bertz CT molecular complexity index is 6610. The van der Waals surface area contributed by atoms with Crippen LogP contribution in [0.1, 0.15) is 66.1 Å². The minimum Gasteiger partial charge on any atom is -0.361 e. The lowest BCUT2D eigenvalue weighted by Gasteiger charge is -2.32. The predicted molar refractivity (Wildman–Crippen MR) is 456 cm³/mol. The first kappa shape index (κ1) is 73.8. The van der Waals surface area contributed by atoms with Gasteiger partial charge in [0.15, 0.2) is 11.3 Å². The number of piperazine rings is 2. The van der Waals surface area contributed by atoms with Crippen molar-refractivity contribution in [2.45, 2.75) is 63.9 Å². The van der Waals surface area contributed by atoms with E-state index in [4.69, 9.17) is 9.97 Å². The summed E-state index contributed by atoms with van der Waals surface area (Å²) in [7, 11) is -3.37. The molecule has 113 heavy (non-hydrogen) atoms. The Labute approximate surface area is 658 Å². The normalized spacial score (nSPS) is 14.5. The van der Waals surface area contributed by atoms with E-state index in [1.807, 2.05) is 118 Å². The van der Waals surface area contributed by atoms with Crippen LogP contribution in [0.5, 0.6) is 0 Å². The van der Waals surface area contributed by atoms with Gasteiger partial charge in [0.05, 0.1) is 15.5 Å². The fourth-order valence-electron chi connectivity index (χ4n) is 15.8. The number of hydrogen-bond acceptors (Lipinski definition) is 12. The lowest BCUT2D eigenvalue weighted by molar-refractivity contribution is 0.112. The maximum atomic E-state index is 13.9. The van der Waals surface area contributed by atoms with Crippen molar-refractivity contribution in [3.05, 3.63) is 311 Å². The summed E-state index contributed by atoms with van der Waals surface area (Å²) in [6.45, 7) is 21.1. The van der Waals surface area contributed by atoms with Gasteiger partial charge in [-0.05, 0) is 229 Å². The van der Waals surface area contributed by atoms with Gasteiger partial charge in [-0.25, -0.2) is 34.7 Å². The summed E-state index contributed by atoms with van der Waals surface area (Å²) in [5.74, 6) is 0. The van der Waals surface area contributed by atoms with Crippen LogP contribution in [-0.4, -0.2) is 147 Å². The molecule has 3 aliphatic rings. The first-order chi connectivity index (χ1) is 54.7. The van der Waals surface area contributed by atoms with Crippen LogP contribution >= 0.6 is 0 Å². The van der Waals surface area contributed by atoms with Crippen LogP contribution in [0, 0.1) is 34.6 Å². The van der Waals surface area contributed by atoms with E-state index in [1.54, 1.807) is 67.3 Å². The molecule has 0 spiro atoms. The highest BCUT2D eigenvalue weighted by Crippen LogP contribution is 2.41. The first-order valence-electron chi connectivity index (χ1n) is 38.4. The third-order valence-electron chi connectivity index (χ3n) is 22.8. The average molecular weight is 1530 g/mol. The largest absolute Gasteiger partial charge is 0.361 e. The summed E-state index contributed by atoms with van der Waals surface area (Å²) in [6.07, 6.45) is 18.7. The quantitative estimate of drug-likeness (QED) is 0.0824. The molecule has 0 amide bonds. The van der Waals surface area contributed by atoms with E-state index in [9.17, 15) is 21.6 Å². The number of rotatable bonds is 15. The molecule has 2 aliphatic heterocycles. The van der Waals surface area contributed by atoms with Gasteiger partial charge in [-0.3, -0.25) is 19.6 Å². The molecule has 1 aliphatic carbocycles. The number of nitrogens with one attached hydrogen (secondary N) is 3. The Kier molecular flexibility index (Phi) is 20.0. The second-order valence-corrected chi connectivity index (χ2v) is 34.1. The Hall–Kier alpha value is -11.9. The van der Waals surface area contributed by atoms with Gasteiger partial charge in [0.2, 0.25) is 0 Å². The average Bonchev–Trinajstić information content (AvgIpc) is 1.60. The van der Waals surface area contributed by atoms with E-state index in [0.29, 0.717) is 16.9 Å². The molecule has 8 aromatic carbocycles. The molecule has 2 saturated heterocycles. The number of benzene rings is 8. The fourth-order valence-corrected chi connectivity index (χ4v) is 18.5. The highest BCUT2D eigenvalue weighted by atomic mass is 32.2. The number of hydrogen-bond donors (Lipinski definition) is 3. The molecule has 17 nitrogen and oxygen atoms in total. The van der Waals surface area contributed by atoms with Gasteiger partial charge in [-0.2, -0.15) is 0 Å². The lowest BCUT2D eigenvalue weighted by Crippen LogP contribution is -2.43. The lowest BCUT2D eigenvalue weighted by atomic mass is 9.95. The number of nitrogens with zero attached hydrogens (tertiary/aromatic N) is 9. The number of carbonyl (C=O) groups is 1. The number of aromatic nitrogens is 8. The van der Waals surface area contributed by atoms with Crippen LogP contribution in [-0.2, 0) is 39.6 Å². The monoisotopic (exact) mass is 1530 g/mol. The zero-order valence-electron chi connectivity index (χ0n) is 64.4. The fraction of sp³-hybridized carbons (Fsp3) is 0.191. The molecular weight excluding hydrogens is 1440 g/mol. The van der Waals surface area contributed by atoms with Crippen molar-refractivity contribution in [1.82, 2.24) is 57.4 Å². The van der Waals surface area contributed by atoms with E-state index < -0.39 is 20.0 Å². The van der Waals surface area contributed by atoms with E-state index in [-0.39, 0.29) is 9.79 Å². The summed E-state index contributed by atoms with van der Waals surface area (Å²) in [4.78, 5) is 45.6. The SMILES string of the molecule is Cc1cc(-c2cnc3c(c2)C(c2ccc4[nH]ccc4c2)=CC3)ccc1CN1CCN(C)CC1.Cc1ccc(S(=O)(=O)n2cc(-c3ccc4[nH]ccc4c3)c3cc(-c4ccc(C=O)c(C)c4)cnc32)cc1.Cc1ccc(S(=O)(=O)n2cc(-c3ccc4[nH]ccc4c3)c3cc(-c4ccc(CN5CCN(C)CC5)c(C)c4)cnc32)cc1. The number of likely N-dealkylation sites (N-methyl/N-ethyl adjacent to an activating group) is 2. The molecule has 0 bridgehead atoms. The van der Waals surface area contributed by atoms with Crippen molar-refractivity contribution in [2.24, 2.45) is 0 Å². The number of aryl methyl sites for hydroxylation is 5. The molecular formula is C94H88N12O5S2. The van der Waals surface area contributed by atoms with Gasteiger partial charge in [0.1, 0.15) is 6.29 Å². The summed E-state index contributed by atoms with van der Waals surface area (Å²) in [6, 6.07) is 64.2. The highest BCUT2D eigenvalue weighted by molar-refractivity contribution is 7.90. The van der Waals surface area contributed by atoms with Crippen LogP contribution < -0.4 is 0 Å². The maximum Gasteiger partial charge on any atom is 0.269 e. The summed E-state index contributed by atoms with van der Waals surface area (Å²) >= 11 is 0. The van der Waals surface area contributed by atoms with Crippen LogP contribution in [0.3, 0.4) is 0 Å². The number of H-pyrrole nitrogens is 3. The number of pyridine rings is 3. The topological polar surface area (TPSA) is 194 Å². The Morgan fingerprint density at radius 3 is 1.22 bits per heavy atom. The van der Waals surface area contributed by atoms with Gasteiger partial charge >= 0.3 is 0 Å². The number of aromatic amines is 3. The Morgan fingerprint density at radius 1 is 0.389 bits per heavy atom. The predicted octanol–water partition coefficient (Wildman–Crippen LogP) is 18.2. The minimum atomic E-state index is -3.89. The summed E-state index contributed by atoms with van der Waals surface area (Å²) in [5.41, 5.74) is 27.5. The van der Waals surface area contributed by atoms with E-state index in [2.05, 4.69) is 152 Å². The van der Waals surface area contributed by atoms with Gasteiger partial charge < -0.3 is 24.8 Å². The highest BCUT2D eigenvalue weighted by Gasteiger charge is 2.28. The number of allylic oxidation sites excluding steroid dienone is 1. The zero-order valence-corrected chi connectivity index (χ0v) is 66.0. The number of fused-ring (bicyclic) bond motifs is 6. The zero-order chi connectivity index (χ0) is 77.8. The third-order valence-corrected chi connectivity index (χ3v) is 26.1. The summed E-state index contributed by atoms with van der Waals surface area (Å²) in [5, 5.41) is 4.86. The van der Waals surface area contributed by atoms with E-state index in [0.717, 1.165) is 172 Å². The van der Waals surface area contributed by atoms with Crippen molar-refractivity contribution in [2.75, 3.05) is 66.5 Å². The minimum absolute atomic E-state index is 0.202. The van der Waals surface area contributed by atoms with Gasteiger partial charge in [0.25, 0.3) is 20.0 Å². The third kappa shape index (κ3) is 14.9. The number of aldehydes is 1. The van der Waals surface area contributed by atoms with Crippen LogP contribution in [0.15, 0.2) is 260 Å². The maximum absolute atomic E-state index is 13.9. The molecule has 0 unspecified atom stereocenters. The molecule has 10 heterocycles. The molecule has 19 heteroatoms. The molecule has 0 atom stereocenters. The molecule has 566 valence electrons. The molecule has 0 radical (unpaired) electrons. The van der Waals surface area contributed by atoms with E-state index >= 15 is 0 Å². The molecule has 8 aromatic heterocycles. The van der Waals surface area contributed by atoms with Gasteiger partial charge in [-0.15, -0.1) is 0 Å². The number of carbonyl (C=O) groups excluding carboxylic acids is 1.